The van der Waals surface area contributed by atoms with Crippen molar-refractivity contribution < 1.29 is 30.2 Å². The fraction of sp³-hybridized carbons (Fsp3) is 0.909. The van der Waals surface area contributed by atoms with Crippen LogP contribution < -0.4 is 0 Å². The molecular weight excluding hydrogens is 388 g/mol. The van der Waals surface area contributed by atoms with Gasteiger partial charge in [0, 0.05) is 22.2 Å². The first-order valence-electron chi connectivity index (χ1n) is 10.7. The highest BCUT2D eigenvalue weighted by Crippen LogP contribution is 2.52. The molecule has 0 bridgehead atoms. The third-order valence-corrected chi connectivity index (χ3v) is 7.43. The molecule has 2 fully saturated rings. The summed E-state index contributed by atoms with van der Waals surface area (Å²) in [6.45, 7) is 14.8. The lowest BCUT2D eigenvalue weighted by atomic mass is 9.58. The number of hydrogen-bond donors (Lipinski definition) is 4. The van der Waals surface area contributed by atoms with E-state index in [0.29, 0.717) is 12.8 Å². The molecule has 0 aromatic rings. The van der Waals surface area contributed by atoms with Crippen molar-refractivity contribution in [3.63, 3.8) is 0 Å². The molecule has 0 atom stereocenters. The molecule has 30 heavy (non-hydrogen) atoms. The predicted molar refractivity (Wildman–Crippen MR) is 111 cm³/mol. The summed E-state index contributed by atoms with van der Waals surface area (Å²) in [5.74, 6) is -3.46. The molecule has 0 unspecified atom stereocenters. The van der Waals surface area contributed by atoms with Crippen LogP contribution in [0.25, 0.3) is 0 Å². The molecule has 0 aliphatic carbocycles. The average molecular weight is 429 g/mol. The van der Waals surface area contributed by atoms with Crippen LogP contribution in [0, 0.1) is 17.3 Å². The number of carboxylic acid groups (broad SMARTS) is 2. The second kappa shape index (κ2) is 7.43. The summed E-state index contributed by atoms with van der Waals surface area (Å²) < 4.78 is 0. The van der Waals surface area contributed by atoms with Gasteiger partial charge in [0.2, 0.25) is 0 Å². The zero-order chi connectivity index (χ0) is 23.5. The molecule has 2 rings (SSSR count). The lowest BCUT2D eigenvalue weighted by molar-refractivity contribution is -0.264. The molecule has 2 saturated heterocycles. The second-order valence-electron chi connectivity index (χ2n) is 12.0. The van der Waals surface area contributed by atoms with E-state index >= 15 is 0 Å². The third kappa shape index (κ3) is 4.11. The minimum Gasteiger partial charge on any atom is -0.480 e. The van der Waals surface area contributed by atoms with Gasteiger partial charge < -0.3 is 20.6 Å². The first-order chi connectivity index (χ1) is 13.3. The van der Waals surface area contributed by atoms with Crippen LogP contribution in [0.4, 0.5) is 0 Å². The minimum atomic E-state index is -1.95. The van der Waals surface area contributed by atoms with E-state index < -0.39 is 45.4 Å². The van der Waals surface area contributed by atoms with E-state index in [1.54, 1.807) is 0 Å². The summed E-state index contributed by atoms with van der Waals surface area (Å²) in [5, 5.41) is 44.3. The predicted octanol–water partition coefficient (Wildman–Crippen LogP) is 3.85. The van der Waals surface area contributed by atoms with Crippen molar-refractivity contribution in [2.75, 3.05) is 0 Å². The Morgan fingerprint density at radius 1 is 0.733 bits per heavy atom. The molecular formula is C22H40N2O6. The number of hydroxylamine groups is 4. The van der Waals surface area contributed by atoms with Crippen LogP contribution in [0.3, 0.4) is 0 Å². The molecule has 0 saturated carbocycles. The summed E-state index contributed by atoms with van der Waals surface area (Å²) in [4.78, 5) is 25.2. The standard InChI is InChI=1S/C22H40N2O6/c1-18(2)9-14(10-19(3,4)23(18)29)11-22(16(25)26,17(27)28)15-12-20(5,6)24(30)21(7,8)13-15/h14-15,29-30H,9-13H2,1-8H3,(H,25,26)(H,27,28). The second-order valence-corrected chi connectivity index (χ2v) is 12.0. The van der Waals surface area contributed by atoms with Gasteiger partial charge >= 0.3 is 11.9 Å². The summed E-state index contributed by atoms with van der Waals surface area (Å²) in [5.41, 5.74) is -4.65. The summed E-state index contributed by atoms with van der Waals surface area (Å²) in [7, 11) is 0. The highest BCUT2D eigenvalue weighted by molar-refractivity contribution is 5.98. The highest BCUT2D eigenvalue weighted by atomic mass is 16.5. The Bertz CT molecular complexity index is 650. The average Bonchev–Trinajstić information content (AvgIpc) is 2.53. The Labute approximate surface area is 179 Å². The van der Waals surface area contributed by atoms with Crippen molar-refractivity contribution in [3.05, 3.63) is 0 Å². The van der Waals surface area contributed by atoms with E-state index in [9.17, 15) is 30.2 Å². The Morgan fingerprint density at radius 3 is 1.33 bits per heavy atom. The summed E-state index contributed by atoms with van der Waals surface area (Å²) in [6, 6.07) is 0. The molecule has 4 N–H and O–H groups in total. The largest absolute Gasteiger partial charge is 0.480 e. The maximum atomic E-state index is 12.6. The number of hydrogen-bond acceptors (Lipinski definition) is 6. The number of rotatable bonds is 5. The number of piperidine rings is 2. The quantitative estimate of drug-likeness (QED) is 0.487. The van der Waals surface area contributed by atoms with Gasteiger partial charge in [-0.1, -0.05) is 0 Å². The maximum absolute atomic E-state index is 12.6. The molecule has 8 nitrogen and oxygen atoms in total. The van der Waals surface area contributed by atoms with E-state index in [4.69, 9.17) is 0 Å². The third-order valence-electron chi connectivity index (χ3n) is 7.43. The Morgan fingerprint density at radius 2 is 1.03 bits per heavy atom. The van der Waals surface area contributed by atoms with Gasteiger partial charge in [0.1, 0.15) is 0 Å². The fourth-order valence-corrected chi connectivity index (χ4v) is 6.48. The first kappa shape index (κ1) is 25.0. The van der Waals surface area contributed by atoms with E-state index in [2.05, 4.69) is 0 Å². The molecule has 2 heterocycles. The van der Waals surface area contributed by atoms with Crippen molar-refractivity contribution in [2.45, 2.75) is 110 Å². The van der Waals surface area contributed by atoms with Crippen molar-refractivity contribution >= 4 is 11.9 Å². The Balaban J connectivity index is 2.49. The van der Waals surface area contributed by atoms with Crippen molar-refractivity contribution in [2.24, 2.45) is 17.3 Å². The monoisotopic (exact) mass is 428 g/mol. The molecule has 2 aliphatic heterocycles. The molecule has 0 aromatic heterocycles. The highest BCUT2D eigenvalue weighted by Gasteiger charge is 2.60. The molecule has 0 radical (unpaired) electrons. The van der Waals surface area contributed by atoms with E-state index in [1.165, 1.54) is 10.1 Å². The smallest absolute Gasteiger partial charge is 0.321 e. The normalized spacial score (nSPS) is 27.7. The lowest BCUT2D eigenvalue weighted by Gasteiger charge is -2.56. The number of carboxylic acids is 2. The van der Waals surface area contributed by atoms with Crippen molar-refractivity contribution in [1.29, 1.82) is 0 Å². The van der Waals surface area contributed by atoms with Crippen LogP contribution >= 0.6 is 0 Å². The molecule has 174 valence electrons. The topological polar surface area (TPSA) is 122 Å². The summed E-state index contributed by atoms with van der Waals surface area (Å²) in [6.07, 6.45) is 1.52. The van der Waals surface area contributed by atoms with Gasteiger partial charge in [0.15, 0.2) is 5.41 Å². The van der Waals surface area contributed by atoms with Crippen LogP contribution in [-0.4, -0.2) is 64.8 Å². The SMILES string of the molecule is CC1(C)CC(CC(C(=O)O)(C(=O)O)C2CC(C)(C)N(O)C(C)(C)C2)CC(C)(C)N1O. The van der Waals surface area contributed by atoms with Crippen LogP contribution in [0.5, 0.6) is 0 Å². The minimum absolute atomic E-state index is 0.000617. The number of nitrogens with zero attached hydrogens (tertiary/aromatic N) is 2. The van der Waals surface area contributed by atoms with Crippen LogP contribution in [0.15, 0.2) is 0 Å². The van der Waals surface area contributed by atoms with Gasteiger partial charge in [0.25, 0.3) is 0 Å². The van der Waals surface area contributed by atoms with Gasteiger partial charge in [-0.3, -0.25) is 9.59 Å². The Hall–Kier alpha value is -1.22. The van der Waals surface area contributed by atoms with E-state index in [-0.39, 0.29) is 25.2 Å². The number of aliphatic carboxylic acids is 2. The van der Waals surface area contributed by atoms with Crippen molar-refractivity contribution in [1.82, 2.24) is 10.1 Å². The lowest BCUT2D eigenvalue weighted by Crippen LogP contribution is -2.64. The van der Waals surface area contributed by atoms with Gasteiger partial charge in [-0.25, -0.2) is 0 Å². The fourth-order valence-electron chi connectivity index (χ4n) is 6.48. The van der Waals surface area contributed by atoms with Crippen molar-refractivity contribution in [3.8, 4) is 0 Å². The van der Waals surface area contributed by atoms with Gasteiger partial charge in [-0.2, -0.15) is 10.1 Å². The van der Waals surface area contributed by atoms with Crippen LogP contribution in [0.1, 0.15) is 87.5 Å². The van der Waals surface area contributed by atoms with Gasteiger partial charge in [0.05, 0.1) is 0 Å². The first-order valence-corrected chi connectivity index (χ1v) is 10.7. The van der Waals surface area contributed by atoms with E-state index in [0.717, 1.165) is 0 Å². The molecule has 0 aromatic carbocycles. The van der Waals surface area contributed by atoms with Crippen LogP contribution in [0.2, 0.25) is 0 Å². The zero-order valence-corrected chi connectivity index (χ0v) is 19.7. The molecule has 0 amide bonds. The molecule has 2 aliphatic rings. The van der Waals surface area contributed by atoms with E-state index in [1.807, 2.05) is 55.4 Å². The molecule has 8 heteroatoms. The van der Waals surface area contributed by atoms with Gasteiger partial charge in [-0.15, -0.1) is 0 Å². The zero-order valence-electron chi connectivity index (χ0n) is 19.7. The molecule has 0 spiro atoms. The van der Waals surface area contributed by atoms with Crippen LogP contribution in [-0.2, 0) is 9.59 Å². The summed E-state index contributed by atoms with van der Waals surface area (Å²) >= 11 is 0. The number of carbonyl (C=O) groups is 2. The maximum Gasteiger partial charge on any atom is 0.321 e. The van der Waals surface area contributed by atoms with Gasteiger partial charge in [-0.05, 0) is 99.3 Å². The Kier molecular flexibility index (Phi) is 6.20.